The molecule has 0 unspecified atom stereocenters. The Morgan fingerprint density at radius 2 is 2.29 bits per heavy atom. The van der Waals surface area contributed by atoms with Crippen molar-refractivity contribution in [1.29, 1.82) is 0 Å². The third-order valence-corrected chi connectivity index (χ3v) is 3.13. The summed E-state index contributed by atoms with van der Waals surface area (Å²) in [4.78, 5) is 1.09. The number of hydrogen-bond donors (Lipinski definition) is 1. The molecule has 0 spiro atoms. The van der Waals surface area contributed by atoms with Crippen LogP contribution in [0, 0.1) is 0 Å². The van der Waals surface area contributed by atoms with E-state index in [1.807, 2.05) is 12.1 Å². The van der Waals surface area contributed by atoms with E-state index in [4.69, 9.17) is 22.1 Å². The Morgan fingerprint density at radius 3 is 2.93 bits per heavy atom. The lowest BCUT2D eigenvalue weighted by atomic mass is 10.3. The number of methoxy groups -OCH3 is 1. The number of rotatable bonds is 5. The molecule has 0 heterocycles. The molecule has 2 nitrogen and oxygen atoms in total. The van der Waals surface area contributed by atoms with E-state index >= 15 is 0 Å². The lowest BCUT2D eigenvalue weighted by Crippen LogP contribution is -1.92. The molecule has 0 saturated heterocycles. The molecule has 2 N–H and O–H groups in total. The van der Waals surface area contributed by atoms with Crippen LogP contribution in [0.2, 0.25) is 5.02 Å². The van der Waals surface area contributed by atoms with Gasteiger partial charge in [-0.3, -0.25) is 0 Å². The molecule has 4 heteroatoms. The summed E-state index contributed by atoms with van der Waals surface area (Å²) < 4.78 is 4.96. The van der Waals surface area contributed by atoms with Crippen LogP contribution in [0.5, 0.6) is 0 Å². The zero-order chi connectivity index (χ0) is 10.4. The van der Waals surface area contributed by atoms with Gasteiger partial charge < -0.3 is 10.5 Å². The molecule has 0 amide bonds. The van der Waals surface area contributed by atoms with Crippen molar-refractivity contribution in [2.45, 2.75) is 11.3 Å². The van der Waals surface area contributed by atoms with Crippen LogP contribution in [0.3, 0.4) is 0 Å². The van der Waals surface area contributed by atoms with Crippen molar-refractivity contribution in [3.63, 3.8) is 0 Å². The van der Waals surface area contributed by atoms with E-state index in [0.29, 0.717) is 5.02 Å². The lowest BCUT2D eigenvalue weighted by Gasteiger charge is -2.05. The Bertz CT molecular complexity index is 293. The fourth-order valence-electron chi connectivity index (χ4n) is 1.04. The van der Waals surface area contributed by atoms with Gasteiger partial charge in [-0.05, 0) is 24.6 Å². The maximum atomic E-state index is 5.80. The smallest absolute Gasteiger partial charge is 0.0470 e. The number of hydrogen-bond acceptors (Lipinski definition) is 3. The number of nitrogens with two attached hydrogens (primary N) is 1. The van der Waals surface area contributed by atoms with Crippen molar-refractivity contribution in [1.82, 2.24) is 0 Å². The Kier molecular flexibility index (Phi) is 5.15. The zero-order valence-corrected chi connectivity index (χ0v) is 9.70. The predicted molar refractivity (Wildman–Crippen MR) is 63.1 cm³/mol. The second-order valence-electron chi connectivity index (χ2n) is 2.88. The minimum atomic E-state index is 0.684. The fourth-order valence-corrected chi connectivity index (χ4v) is 2.09. The standard InChI is InChI=1S/C10H14ClNOS/c1-13-5-2-6-14-10-4-3-8(11)7-9(10)12/h3-4,7H,2,5-6,12H2,1H3. The summed E-state index contributed by atoms with van der Waals surface area (Å²) in [5.74, 6) is 1.01. The summed E-state index contributed by atoms with van der Waals surface area (Å²) >= 11 is 7.52. The molecule has 0 saturated carbocycles. The molecule has 1 aromatic carbocycles. The molecular weight excluding hydrogens is 218 g/mol. The highest BCUT2D eigenvalue weighted by Gasteiger charge is 2.00. The van der Waals surface area contributed by atoms with Gasteiger partial charge in [0.05, 0.1) is 0 Å². The maximum absolute atomic E-state index is 5.80. The molecule has 0 radical (unpaired) electrons. The van der Waals surface area contributed by atoms with Gasteiger partial charge in [0.15, 0.2) is 0 Å². The Balaban J connectivity index is 2.42. The van der Waals surface area contributed by atoms with Gasteiger partial charge in [-0.25, -0.2) is 0 Å². The van der Waals surface area contributed by atoms with Gasteiger partial charge in [0.2, 0.25) is 0 Å². The van der Waals surface area contributed by atoms with Gasteiger partial charge in [0.1, 0.15) is 0 Å². The highest BCUT2D eigenvalue weighted by Crippen LogP contribution is 2.27. The average Bonchev–Trinajstić information content (AvgIpc) is 2.15. The van der Waals surface area contributed by atoms with E-state index in [1.165, 1.54) is 0 Å². The summed E-state index contributed by atoms with van der Waals surface area (Å²) in [6, 6.07) is 5.59. The van der Waals surface area contributed by atoms with E-state index in [0.717, 1.165) is 29.4 Å². The van der Waals surface area contributed by atoms with Crippen molar-refractivity contribution in [3.05, 3.63) is 23.2 Å². The third kappa shape index (κ3) is 3.78. The molecule has 0 bridgehead atoms. The predicted octanol–water partition coefficient (Wildman–Crippen LogP) is 3.05. The van der Waals surface area contributed by atoms with Crippen molar-refractivity contribution in [2.24, 2.45) is 0 Å². The maximum Gasteiger partial charge on any atom is 0.0470 e. The van der Waals surface area contributed by atoms with Crippen LogP contribution in [0.25, 0.3) is 0 Å². The normalized spacial score (nSPS) is 10.4. The summed E-state index contributed by atoms with van der Waals surface area (Å²) in [5, 5.41) is 0.684. The summed E-state index contributed by atoms with van der Waals surface area (Å²) in [5.41, 5.74) is 6.55. The minimum absolute atomic E-state index is 0.684. The lowest BCUT2D eigenvalue weighted by molar-refractivity contribution is 0.200. The van der Waals surface area contributed by atoms with Crippen LogP contribution in [-0.2, 0) is 4.74 Å². The van der Waals surface area contributed by atoms with Gasteiger partial charge in [-0.15, -0.1) is 11.8 Å². The second-order valence-corrected chi connectivity index (χ2v) is 4.45. The first-order chi connectivity index (χ1) is 6.74. The summed E-state index contributed by atoms with van der Waals surface area (Å²) in [6.07, 6.45) is 1.03. The monoisotopic (exact) mass is 231 g/mol. The Morgan fingerprint density at radius 1 is 1.50 bits per heavy atom. The van der Waals surface area contributed by atoms with Crippen LogP contribution < -0.4 is 5.73 Å². The fraction of sp³-hybridized carbons (Fsp3) is 0.400. The SMILES string of the molecule is COCCCSc1ccc(Cl)cc1N. The molecule has 0 atom stereocenters. The van der Waals surface area contributed by atoms with Crippen LogP contribution in [0.4, 0.5) is 5.69 Å². The number of benzene rings is 1. The number of ether oxygens (including phenoxy) is 1. The average molecular weight is 232 g/mol. The van der Waals surface area contributed by atoms with Gasteiger partial charge in [0.25, 0.3) is 0 Å². The molecule has 0 aliphatic rings. The number of thioether (sulfide) groups is 1. The largest absolute Gasteiger partial charge is 0.398 e. The van der Waals surface area contributed by atoms with Crippen molar-refractivity contribution >= 4 is 29.1 Å². The molecule has 0 aliphatic carbocycles. The van der Waals surface area contributed by atoms with Crippen LogP contribution in [0.15, 0.2) is 23.1 Å². The van der Waals surface area contributed by atoms with Crippen molar-refractivity contribution < 1.29 is 4.74 Å². The van der Waals surface area contributed by atoms with Crippen molar-refractivity contribution in [3.8, 4) is 0 Å². The van der Waals surface area contributed by atoms with E-state index in [9.17, 15) is 0 Å². The topological polar surface area (TPSA) is 35.2 Å². The summed E-state index contributed by atoms with van der Waals surface area (Å²) in [6.45, 7) is 0.792. The van der Waals surface area contributed by atoms with Gasteiger partial charge in [-0.1, -0.05) is 11.6 Å². The Labute approximate surface area is 93.8 Å². The molecular formula is C10H14ClNOS. The molecule has 78 valence electrons. The molecule has 1 aromatic rings. The second kappa shape index (κ2) is 6.17. The summed E-state index contributed by atoms with van der Waals surface area (Å²) in [7, 11) is 1.71. The molecule has 1 rings (SSSR count). The number of nitrogen functional groups attached to an aromatic ring is 1. The highest BCUT2D eigenvalue weighted by molar-refractivity contribution is 7.99. The van der Waals surface area contributed by atoms with Gasteiger partial charge >= 0.3 is 0 Å². The first kappa shape index (κ1) is 11.7. The first-order valence-corrected chi connectivity index (χ1v) is 5.77. The molecule has 0 fully saturated rings. The van der Waals surface area contributed by atoms with Crippen molar-refractivity contribution in [2.75, 3.05) is 25.2 Å². The zero-order valence-electron chi connectivity index (χ0n) is 8.13. The van der Waals surface area contributed by atoms with Crippen LogP contribution in [-0.4, -0.2) is 19.5 Å². The molecule has 0 aromatic heterocycles. The molecule has 0 aliphatic heterocycles. The van der Waals surface area contributed by atoms with Crippen LogP contribution in [0.1, 0.15) is 6.42 Å². The van der Waals surface area contributed by atoms with Crippen LogP contribution >= 0.6 is 23.4 Å². The number of anilines is 1. The molecule has 14 heavy (non-hydrogen) atoms. The quantitative estimate of drug-likeness (QED) is 0.481. The number of halogens is 1. The van der Waals surface area contributed by atoms with Gasteiger partial charge in [0, 0.05) is 35.1 Å². The van der Waals surface area contributed by atoms with Gasteiger partial charge in [-0.2, -0.15) is 0 Å². The van der Waals surface area contributed by atoms with E-state index in [2.05, 4.69) is 0 Å². The van der Waals surface area contributed by atoms with E-state index in [1.54, 1.807) is 24.9 Å². The Hall–Kier alpha value is -0.380. The van der Waals surface area contributed by atoms with E-state index < -0.39 is 0 Å². The highest BCUT2D eigenvalue weighted by atomic mass is 35.5. The first-order valence-electron chi connectivity index (χ1n) is 4.41. The third-order valence-electron chi connectivity index (χ3n) is 1.72. The minimum Gasteiger partial charge on any atom is -0.398 e. The van der Waals surface area contributed by atoms with E-state index in [-0.39, 0.29) is 0 Å².